The number of anilines is 2. The third-order valence-corrected chi connectivity index (χ3v) is 9.44. The number of hydrogen-bond acceptors (Lipinski definition) is 9. The number of nitrogens with zero attached hydrogens (tertiary/aromatic N) is 2. The predicted molar refractivity (Wildman–Crippen MR) is 150 cm³/mol. The number of hydrogen-bond donors (Lipinski definition) is 2. The van der Waals surface area contributed by atoms with Crippen LogP contribution in [0.15, 0.2) is 69.3 Å². The van der Waals surface area contributed by atoms with Crippen LogP contribution in [-0.2, 0) is 4.79 Å². The molecule has 5 aromatic rings. The van der Waals surface area contributed by atoms with Crippen molar-refractivity contribution in [1.82, 2.24) is 9.97 Å². The molecule has 0 aliphatic heterocycles. The van der Waals surface area contributed by atoms with E-state index in [1.54, 1.807) is 24.3 Å². The number of ketones is 1. The second-order valence-corrected chi connectivity index (χ2v) is 12.4. The first-order chi connectivity index (χ1) is 16.9. The summed E-state index contributed by atoms with van der Waals surface area (Å²) in [5, 5.41) is 3.54. The first-order valence-electron chi connectivity index (χ1n) is 10.3. The van der Waals surface area contributed by atoms with E-state index in [1.165, 1.54) is 46.2 Å². The van der Waals surface area contributed by atoms with E-state index in [9.17, 15) is 9.59 Å². The zero-order chi connectivity index (χ0) is 24.4. The Morgan fingerprint density at radius 1 is 0.857 bits per heavy atom. The van der Waals surface area contributed by atoms with Gasteiger partial charge in [0, 0.05) is 22.0 Å². The average Bonchev–Trinajstić information content (AvgIpc) is 3.44. The van der Waals surface area contributed by atoms with Crippen molar-refractivity contribution in [2.24, 2.45) is 0 Å². The molecule has 0 radical (unpaired) electrons. The van der Waals surface area contributed by atoms with E-state index in [0.717, 1.165) is 29.1 Å². The zero-order valence-corrected chi connectivity index (χ0v) is 22.0. The number of nitrogens with two attached hydrogens (primary N) is 1. The highest BCUT2D eigenvalue weighted by Gasteiger charge is 2.12. The Labute approximate surface area is 222 Å². The molecule has 0 fully saturated rings. The number of Topliss-reactive ketones (excluding diaryl/α,β-unsaturated/α-hetero) is 1. The fourth-order valence-corrected chi connectivity index (χ4v) is 7.24. The number of nitrogens with one attached hydrogen (secondary N) is 1. The molecule has 0 saturated carbocycles. The quantitative estimate of drug-likeness (QED) is 0.122. The molecule has 35 heavy (non-hydrogen) atoms. The van der Waals surface area contributed by atoms with Crippen molar-refractivity contribution in [3.63, 3.8) is 0 Å². The van der Waals surface area contributed by atoms with Crippen molar-refractivity contribution >= 4 is 101 Å². The van der Waals surface area contributed by atoms with Crippen LogP contribution in [0.4, 0.5) is 11.4 Å². The molecule has 0 aliphatic rings. The Hall–Kier alpha value is -2.63. The molecule has 176 valence electrons. The van der Waals surface area contributed by atoms with Crippen LogP contribution in [0.3, 0.4) is 0 Å². The maximum Gasteiger partial charge on any atom is 0.234 e. The minimum Gasteiger partial charge on any atom is -0.399 e. The lowest BCUT2D eigenvalue weighted by Gasteiger charge is -2.03. The summed E-state index contributed by atoms with van der Waals surface area (Å²) in [6.45, 7) is 0. The molecule has 0 bridgehead atoms. The topological polar surface area (TPSA) is 98.0 Å². The molecule has 2 heterocycles. The maximum atomic E-state index is 12.5. The van der Waals surface area contributed by atoms with Gasteiger partial charge in [-0.15, -0.1) is 22.7 Å². The van der Waals surface area contributed by atoms with Crippen molar-refractivity contribution in [3.05, 3.63) is 71.2 Å². The van der Waals surface area contributed by atoms with Crippen LogP contribution < -0.4 is 11.1 Å². The van der Waals surface area contributed by atoms with E-state index in [1.807, 2.05) is 36.4 Å². The van der Waals surface area contributed by atoms with Crippen LogP contribution in [0.25, 0.3) is 20.4 Å². The van der Waals surface area contributed by atoms with Crippen LogP contribution in [0.1, 0.15) is 10.4 Å². The first-order valence-corrected chi connectivity index (χ1v) is 14.3. The van der Waals surface area contributed by atoms with Gasteiger partial charge < -0.3 is 11.1 Å². The first kappa shape index (κ1) is 24.1. The van der Waals surface area contributed by atoms with Crippen molar-refractivity contribution in [2.45, 2.75) is 8.68 Å². The van der Waals surface area contributed by atoms with Crippen molar-refractivity contribution in [3.8, 4) is 0 Å². The fourth-order valence-electron chi connectivity index (χ4n) is 3.20. The number of aromatic nitrogens is 2. The summed E-state index contributed by atoms with van der Waals surface area (Å²) in [4.78, 5) is 34.0. The van der Waals surface area contributed by atoms with Gasteiger partial charge in [-0.25, -0.2) is 9.97 Å². The molecule has 1 amide bonds. The van der Waals surface area contributed by atoms with E-state index in [-0.39, 0.29) is 17.4 Å². The summed E-state index contributed by atoms with van der Waals surface area (Å²) in [5.41, 5.74) is 9.57. The summed E-state index contributed by atoms with van der Waals surface area (Å²) in [6.07, 6.45) is 0. The summed E-state index contributed by atoms with van der Waals surface area (Å²) in [6, 6.07) is 18.1. The van der Waals surface area contributed by atoms with Gasteiger partial charge in [-0.2, -0.15) is 0 Å². The predicted octanol–water partition coefficient (Wildman–Crippen LogP) is 6.85. The number of thioether (sulfide) groups is 2. The Bertz CT molecular complexity index is 1550. The molecular weight excluding hydrogens is 540 g/mol. The highest BCUT2D eigenvalue weighted by molar-refractivity contribution is 8.02. The smallest absolute Gasteiger partial charge is 0.234 e. The van der Waals surface area contributed by atoms with Gasteiger partial charge in [-0.3, -0.25) is 9.59 Å². The molecule has 0 atom stereocenters. The average molecular weight is 557 g/mol. The number of fused-ring (bicyclic) bond motifs is 2. The molecule has 0 aliphatic carbocycles. The lowest BCUT2D eigenvalue weighted by atomic mass is 10.1. The van der Waals surface area contributed by atoms with Crippen LogP contribution in [0.2, 0.25) is 5.02 Å². The molecule has 5 rings (SSSR count). The second kappa shape index (κ2) is 10.5. The van der Waals surface area contributed by atoms with E-state index in [2.05, 4.69) is 15.3 Å². The summed E-state index contributed by atoms with van der Waals surface area (Å²) in [7, 11) is 0. The monoisotopic (exact) mass is 556 g/mol. The van der Waals surface area contributed by atoms with Crippen molar-refractivity contribution < 1.29 is 9.59 Å². The van der Waals surface area contributed by atoms with Crippen LogP contribution in [0, 0.1) is 0 Å². The van der Waals surface area contributed by atoms with Gasteiger partial charge in [0.05, 0.1) is 31.9 Å². The van der Waals surface area contributed by atoms with E-state index in [4.69, 9.17) is 17.3 Å². The lowest BCUT2D eigenvalue weighted by Crippen LogP contribution is -2.13. The Balaban J connectivity index is 1.17. The number of nitrogen functional groups attached to an aromatic ring is 1. The number of carbonyl (C=O) groups excluding carboxylic acids is 2. The minimum atomic E-state index is -0.110. The van der Waals surface area contributed by atoms with Gasteiger partial charge in [0.25, 0.3) is 0 Å². The zero-order valence-electron chi connectivity index (χ0n) is 18.0. The van der Waals surface area contributed by atoms with Crippen LogP contribution in [0.5, 0.6) is 0 Å². The van der Waals surface area contributed by atoms with Gasteiger partial charge in [0.2, 0.25) is 5.91 Å². The molecular formula is C24H17ClN4O2S4. The molecule has 0 unspecified atom stereocenters. The number of benzene rings is 3. The second-order valence-electron chi connectivity index (χ2n) is 7.42. The van der Waals surface area contributed by atoms with Gasteiger partial charge >= 0.3 is 0 Å². The summed E-state index contributed by atoms with van der Waals surface area (Å²) >= 11 is 11.7. The third kappa shape index (κ3) is 5.96. The number of halogens is 1. The number of rotatable bonds is 8. The molecule has 2 aromatic heterocycles. The molecule has 3 N–H and O–H groups in total. The van der Waals surface area contributed by atoms with Crippen molar-refractivity contribution in [1.29, 1.82) is 0 Å². The number of amides is 1. The number of thiazole rings is 2. The molecule has 0 saturated heterocycles. The SMILES string of the molecule is Nc1ccc2nc(SCC(=O)Nc3ccc4nc(SCC(=O)c5ccc(Cl)cc5)sc4c3)sc2c1. The van der Waals surface area contributed by atoms with Crippen molar-refractivity contribution in [2.75, 3.05) is 22.6 Å². The minimum absolute atomic E-state index is 0.0213. The van der Waals surface area contributed by atoms with E-state index in [0.29, 0.717) is 27.7 Å². The Kier molecular flexibility index (Phi) is 7.26. The summed E-state index contributed by atoms with van der Waals surface area (Å²) in [5.74, 6) is 0.457. The van der Waals surface area contributed by atoms with Gasteiger partial charge in [0.15, 0.2) is 14.5 Å². The summed E-state index contributed by atoms with van der Waals surface area (Å²) < 4.78 is 3.58. The normalized spacial score (nSPS) is 11.2. The third-order valence-electron chi connectivity index (χ3n) is 4.87. The standard InChI is InChI=1S/C24H17ClN4O2S4/c25-14-3-1-13(2-4-14)19(30)11-32-23-29-18-8-6-16(10-21(18)35-23)27-22(31)12-33-24-28-17-7-5-15(26)9-20(17)34-24/h1-10H,11-12,26H2,(H,27,31). The molecule has 11 heteroatoms. The van der Waals surface area contributed by atoms with Crippen LogP contribution >= 0.6 is 57.8 Å². The highest BCUT2D eigenvalue weighted by atomic mass is 35.5. The fraction of sp³-hybridized carbons (Fsp3) is 0.0833. The molecule has 6 nitrogen and oxygen atoms in total. The Morgan fingerprint density at radius 3 is 2.20 bits per heavy atom. The van der Waals surface area contributed by atoms with E-state index < -0.39 is 0 Å². The van der Waals surface area contributed by atoms with Gasteiger partial charge in [0.1, 0.15) is 0 Å². The molecule has 0 spiro atoms. The van der Waals surface area contributed by atoms with E-state index >= 15 is 0 Å². The maximum absolute atomic E-state index is 12.5. The van der Waals surface area contributed by atoms with Crippen LogP contribution in [-0.4, -0.2) is 33.2 Å². The highest BCUT2D eigenvalue weighted by Crippen LogP contribution is 2.33. The van der Waals surface area contributed by atoms with Gasteiger partial charge in [-0.05, 0) is 60.7 Å². The van der Waals surface area contributed by atoms with Gasteiger partial charge in [-0.1, -0.05) is 35.1 Å². The molecule has 3 aromatic carbocycles. The Morgan fingerprint density at radius 2 is 1.49 bits per heavy atom. The lowest BCUT2D eigenvalue weighted by molar-refractivity contribution is -0.113. The number of carbonyl (C=O) groups is 2. The largest absolute Gasteiger partial charge is 0.399 e.